The van der Waals surface area contributed by atoms with Gasteiger partial charge in [0, 0.05) is 18.6 Å². The first-order valence-corrected chi connectivity index (χ1v) is 6.63. The van der Waals surface area contributed by atoms with Gasteiger partial charge in [-0.3, -0.25) is 4.90 Å². The highest BCUT2D eigenvalue weighted by Gasteiger charge is 2.30. The number of morpholine rings is 1. The van der Waals surface area contributed by atoms with Crippen LogP contribution < -0.4 is 0 Å². The van der Waals surface area contributed by atoms with Crippen molar-refractivity contribution < 1.29 is 4.74 Å². The predicted molar refractivity (Wildman–Crippen MR) is 76.6 cm³/mol. The minimum Gasteiger partial charge on any atom is -0.378 e. The fourth-order valence-corrected chi connectivity index (χ4v) is 2.36. The van der Waals surface area contributed by atoms with E-state index in [1.54, 1.807) is 0 Å². The minimum absolute atomic E-state index is 0.143. The molecule has 0 saturated carbocycles. The molecule has 1 aliphatic heterocycles. The molecule has 0 spiro atoms. The maximum absolute atomic E-state index is 5.55. The first-order chi connectivity index (χ1) is 8.58. The second-order valence-corrected chi connectivity index (χ2v) is 5.69. The molecular weight excluding hydrogens is 222 g/mol. The number of hydrogen-bond donors (Lipinski definition) is 0. The lowest BCUT2D eigenvalue weighted by atomic mass is 10.0. The summed E-state index contributed by atoms with van der Waals surface area (Å²) in [6.45, 7) is 10.4. The molecule has 1 heterocycles. The Labute approximate surface area is 110 Å². The summed E-state index contributed by atoms with van der Waals surface area (Å²) in [6.07, 6.45) is 2.27. The summed E-state index contributed by atoms with van der Waals surface area (Å²) in [5.74, 6) is 0. The van der Waals surface area contributed by atoms with Crippen LogP contribution >= 0.6 is 0 Å². The molecule has 1 aliphatic rings. The van der Waals surface area contributed by atoms with Crippen molar-refractivity contribution in [2.45, 2.75) is 26.3 Å². The van der Waals surface area contributed by atoms with E-state index >= 15 is 0 Å². The summed E-state index contributed by atoms with van der Waals surface area (Å²) in [4.78, 5) is 2.51. The Morgan fingerprint density at radius 2 is 2.06 bits per heavy atom. The molecule has 2 rings (SSSR count). The molecule has 0 radical (unpaired) electrons. The SMILES string of the molecule is C/C(=C\c1ccccc1)CN1CCOCC1(C)C. The normalized spacial score (nSPS) is 20.9. The van der Waals surface area contributed by atoms with E-state index in [-0.39, 0.29) is 5.54 Å². The van der Waals surface area contributed by atoms with Crippen molar-refractivity contribution >= 4 is 6.08 Å². The highest BCUT2D eigenvalue weighted by molar-refractivity contribution is 5.52. The van der Waals surface area contributed by atoms with Crippen LogP contribution in [-0.2, 0) is 4.74 Å². The molecule has 0 bridgehead atoms. The van der Waals surface area contributed by atoms with E-state index in [2.05, 4.69) is 62.1 Å². The van der Waals surface area contributed by atoms with E-state index < -0.39 is 0 Å². The predicted octanol–water partition coefficient (Wildman–Crippen LogP) is 3.20. The van der Waals surface area contributed by atoms with Crippen molar-refractivity contribution in [2.24, 2.45) is 0 Å². The number of rotatable bonds is 3. The Hall–Kier alpha value is -1.12. The Morgan fingerprint density at radius 3 is 2.72 bits per heavy atom. The lowest BCUT2D eigenvalue weighted by Gasteiger charge is -2.42. The van der Waals surface area contributed by atoms with Crippen molar-refractivity contribution in [1.82, 2.24) is 4.90 Å². The fraction of sp³-hybridized carbons (Fsp3) is 0.500. The number of hydrogen-bond acceptors (Lipinski definition) is 2. The quantitative estimate of drug-likeness (QED) is 0.811. The molecule has 2 heteroatoms. The van der Waals surface area contributed by atoms with E-state index in [1.165, 1.54) is 11.1 Å². The van der Waals surface area contributed by atoms with E-state index in [0.717, 1.165) is 26.3 Å². The summed E-state index contributed by atoms with van der Waals surface area (Å²) >= 11 is 0. The zero-order valence-electron chi connectivity index (χ0n) is 11.6. The van der Waals surface area contributed by atoms with Gasteiger partial charge in [-0.2, -0.15) is 0 Å². The van der Waals surface area contributed by atoms with Crippen LogP contribution in [0.15, 0.2) is 35.9 Å². The van der Waals surface area contributed by atoms with Gasteiger partial charge in [-0.25, -0.2) is 0 Å². The van der Waals surface area contributed by atoms with Crippen LogP contribution in [0.4, 0.5) is 0 Å². The maximum Gasteiger partial charge on any atom is 0.0645 e. The van der Waals surface area contributed by atoms with Gasteiger partial charge < -0.3 is 4.74 Å². The second kappa shape index (κ2) is 5.68. The highest BCUT2D eigenvalue weighted by Crippen LogP contribution is 2.20. The number of ether oxygens (including phenoxy) is 1. The van der Waals surface area contributed by atoms with E-state index in [0.29, 0.717) is 0 Å². The standard InChI is InChI=1S/C16H23NO/c1-14(11-15-7-5-4-6-8-15)12-17-9-10-18-13-16(17,2)3/h4-8,11H,9-10,12-13H2,1-3H3/b14-11+. The third kappa shape index (κ3) is 3.44. The van der Waals surface area contributed by atoms with Gasteiger partial charge in [0.2, 0.25) is 0 Å². The van der Waals surface area contributed by atoms with Crippen LogP contribution in [0, 0.1) is 0 Å². The van der Waals surface area contributed by atoms with Crippen molar-refractivity contribution in [3.63, 3.8) is 0 Å². The molecule has 18 heavy (non-hydrogen) atoms. The van der Waals surface area contributed by atoms with Gasteiger partial charge in [-0.1, -0.05) is 42.0 Å². The molecule has 98 valence electrons. The molecular formula is C16H23NO. The zero-order valence-corrected chi connectivity index (χ0v) is 11.6. The van der Waals surface area contributed by atoms with Crippen LogP contribution in [0.2, 0.25) is 0 Å². The van der Waals surface area contributed by atoms with Gasteiger partial charge in [-0.15, -0.1) is 0 Å². The van der Waals surface area contributed by atoms with Crippen molar-refractivity contribution in [2.75, 3.05) is 26.3 Å². The Morgan fingerprint density at radius 1 is 1.33 bits per heavy atom. The van der Waals surface area contributed by atoms with Gasteiger partial charge in [0.05, 0.1) is 13.2 Å². The second-order valence-electron chi connectivity index (χ2n) is 5.69. The van der Waals surface area contributed by atoms with Gasteiger partial charge in [-0.05, 0) is 26.3 Å². The Balaban J connectivity index is 2.02. The molecule has 0 N–H and O–H groups in total. The summed E-state index contributed by atoms with van der Waals surface area (Å²) in [5, 5.41) is 0. The zero-order chi connectivity index (χ0) is 13.0. The van der Waals surface area contributed by atoms with Gasteiger partial charge in [0.1, 0.15) is 0 Å². The van der Waals surface area contributed by atoms with E-state index in [1.807, 2.05) is 0 Å². The molecule has 2 nitrogen and oxygen atoms in total. The maximum atomic E-state index is 5.55. The molecule has 0 aromatic heterocycles. The average Bonchev–Trinajstić information content (AvgIpc) is 2.33. The molecule has 0 aliphatic carbocycles. The smallest absolute Gasteiger partial charge is 0.0645 e. The van der Waals surface area contributed by atoms with Gasteiger partial charge in [0.25, 0.3) is 0 Å². The topological polar surface area (TPSA) is 12.5 Å². The molecule has 1 aromatic rings. The first kappa shape index (κ1) is 13.3. The van der Waals surface area contributed by atoms with Crippen LogP contribution in [-0.4, -0.2) is 36.7 Å². The first-order valence-electron chi connectivity index (χ1n) is 6.63. The van der Waals surface area contributed by atoms with Gasteiger partial charge in [0.15, 0.2) is 0 Å². The van der Waals surface area contributed by atoms with Crippen LogP contribution in [0.1, 0.15) is 26.3 Å². The van der Waals surface area contributed by atoms with E-state index in [9.17, 15) is 0 Å². The molecule has 0 atom stereocenters. The molecule has 1 aromatic carbocycles. The van der Waals surface area contributed by atoms with E-state index in [4.69, 9.17) is 4.74 Å². The Kier molecular flexibility index (Phi) is 4.20. The molecule has 0 unspecified atom stereocenters. The van der Waals surface area contributed by atoms with Crippen molar-refractivity contribution in [3.8, 4) is 0 Å². The third-order valence-electron chi connectivity index (χ3n) is 3.47. The largest absolute Gasteiger partial charge is 0.378 e. The number of benzene rings is 1. The van der Waals surface area contributed by atoms with Crippen molar-refractivity contribution in [1.29, 1.82) is 0 Å². The van der Waals surface area contributed by atoms with Gasteiger partial charge >= 0.3 is 0 Å². The molecule has 1 fully saturated rings. The third-order valence-corrected chi connectivity index (χ3v) is 3.47. The highest BCUT2D eigenvalue weighted by atomic mass is 16.5. The lowest BCUT2D eigenvalue weighted by molar-refractivity contribution is -0.0461. The minimum atomic E-state index is 0.143. The average molecular weight is 245 g/mol. The number of nitrogens with zero attached hydrogens (tertiary/aromatic N) is 1. The van der Waals surface area contributed by atoms with Crippen LogP contribution in [0.25, 0.3) is 6.08 Å². The lowest BCUT2D eigenvalue weighted by Crippen LogP contribution is -2.53. The summed E-state index contributed by atoms with van der Waals surface area (Å²) < 4.78 is 5.55. The molecule has 0 amide bonds. The molecule has 1 saturated heterocycles. The monoisotopic (exact) mass is 245 g/mol. The summed E-state index contributed by atoms with van der Waals surface area (Å²) in [5.41, 5.74) is 2.82. The van der Waals surface area contributed by atoms with Crippen LogP contribution in [0.3, 0.4) is 0 Å². The van der Waals surface area contributed by atoms with Crippen LogP contribution in [0.5, 0.6) is 0 Å². The summed E-state index contributed by atoms with van der Waals surface area (Å²) in [6, 6.07) is 10.5. The Bertz CT molecular complexity index is 408. The van der Waals surface area contributed by atoms with Crippen molar-refractivity contribution in [3.05, 3.63) is 41.5 Å². The summed E-state index contributed by atoms with van der Waals surface area (Å²) in [7, 11) is 0. The fourth-order valence-electron chi connectivity index (χ4n) is 2.36.